The topological polar surface area (TPSA) is 72.3 Å². The van der Waals surface area contributed by atoms with Crippen LogP contribution in [0, 0.1) is 0 Å². The molecule has 0 spiro atoms. The average molecular weight is 377 g/mol. The van der Waals surface area contributed by atoms with Crippen molar-refractivity contribution in [1.29, 1.82) is 0 Å². The summed E-state index contributed by atoms with van der Waals surface area (Å²) in [5.41, 5.74) is 1.50. The summed E-state index contributed by atoms with van der Waals surface area (Å²) in [7, 11) is 1.92. The summed E-state index contributed by atoms with van der Waals surface area (Å²) in [5.74, 6) is 1.46. The molecule has 1 aliphatic rings. The van der Waals surface area contributed by atoms with Crippen molar-refractivity contribution in [3.8, 4) is 0 Å². The van der Waals surface area contributed by atoms with Crippen molar-refractivity contribution in [3.05, 3.63) is 78.0 Å². The zero-order valence-corrected chi connectivity index (χ0v) is 15.8. The third-order valence-electron chi connectivity index (χ3n) is 4.87. The van der Waals surface area contributed by atoms with Gasteiger partial charge in [-0.15, -0.1) is 0 Å². The Labute approximate surface area is 164 Å². The average Bonchev–Trinajstić information content (AvgIpc) is 3.19. The van der Waals surface area contributed by atoms with E-state index in [1.54, 1.807) is 12.4 Å². The van der Waals surface area contributed by atoms with Crippen molar-refractivity contribution in [2.45, 2.75) is 6.04 Å². The van der Waals surface area contributed by atoms with Gasteiger partial charge in [-0.05, 0) is 17.7 Å². The summed E-state index contributed by atoms with van der Waals surface area (Å²) < 4.78 is 7.29. The molecule has 0 saturated carbocycles. The molecule has 1 saturated heterocycles. The molecule has 1 aliphatic heterocycles. The first-order valence-corrected chi connectivity index (χ1v) is 9.34. The van der Waals surface area contributed by atoms with Gasteiger partial charge in [-0.2, -0.15) is 0 Å². The number of pyridine rings is 1. The molecule has 1 N–H and O–H groups in total. The van der Waals surface area contributed by atoms with Crippen LogP contribution >= 0.6 is 0 Å². The van der Waals surface area contributed by atoms with Crippen LogP contribution < -0.4 is 10.2 Å². The molecule has 1 amide bonds. The lowest BCUT2D eigenvalue weighted by Gasteiger charge is -2.27. The van der Waals surface area contributed by atoms with Gasteiger partial charge < -0.3 is 19.5 Å². The van der Waals surface area contributed by atoms with Crippen molar-refractivity contribution < 1.29 is 9.53 Å². The van der Waals surface area contributed by atoms with E-state index in [2.05, 4.69) is 20.2 Å². The van der Waals surface area contributed by atoms with Gasteiger partial charge in [0.2, 0.25) is 0 Å². The van der Waals surface area contributed by atoms with Crippen molar-refractivity contribution in [3.63, 3.8) is 0 Å². The van der Waals surface area contributed by atoms with Gasteiger partial charge in [-0.1, -0.05) is 30.3 Å². The highest BCUT2D eigenvalue weighted by molar-refractivity contribution is 5.94. The van der Waals surface area contributed by atoms with E-state index in [1.807, 2.05) is 60.3 Å². The lowest BCUT2D eigenvalue weighted by molar-refractivity contribution is 0.0940. The first kappa shape index (κ1) is 18.2. The van der Waals surface area contributed by atoms with Crippen LogP contribution in [-0.2, 0) is 11.8 Å². The van der Waals surface area contributed by atoms with Gasteiger partial charge in [0.15, 0.2) is 0 Å². The second kappa shape index (κ2) is 8.22. The van der Waals surface area contributed by atoms with Crippen LogP contribution in [-0.4, -0.2) is 46.7 Å². The summed E-state index contributed by atoms with van der Waals surface area (Å²) in [5, 5.41) is 3.10. The highest BCUT2D eigenvalue weighted by Crippen LogP contribution is 2.21. The predicted molar refractivity (Wildman–Crippen MR) is 106 cm³/mol. The lowest BCUT2D eigenvalue weighted by atomic mass is 10.1. The van der Waals surface area contributed by atoms with Gasteiger partial charge in [0.25, 0.3) is 5.91 Å². The monoisotopic (exact) mass is 377 g/mol. The molecule has 2 aromatic heterocycles. The van der Waals surface area contributed by atoms with Gasteiger partial charge in [-0.3, -0.25) is 4.79 Å². The van der Waals surface area contributed by atoms with Crippen molar-refractivity contribution in [2.75, 3.05) is 31.2 Å². The summed E-state index contributed by atoms with van der Waals surface area (Å²) in [6.07, 6.45) is 5.23. The van der Waals surface area contributed by atoms with Crippen LogP contribution in [0.3, 0.4) is 0 Å². The third kappa shape index (κ3) is 3.89. The van der Waals surface area contributed by atoms with E-state index in [-0.39, 0.29) is 11.9 Å². The maximum atomic E-state index is 12.9. The van der Waals surface area contributed by atoms with E-state index < -0.39 is 0 Å². The molecule has 4 rings (SSSR count). The molecule has 1 fully saturated rings. The number of anilines is 1. The molecular weight excluding hydrogens is 354 g/mol. The number of carbonyl (C=O) groups excluding carboxylic acids is 1. The smallest absolute Gasteiger partial charge is 0.253 e. The normalized spacial score (nSPS) is 15.2. The molecule has 28 heavy (non-hydrogen) atoms. The highest BCUT2D eigenvalue weighted by Gasteiger charge is 2.21. The number of imidazole rings is 1. The fourth-order valence-electron chi connectivity index (χ4n) is 3.31. The second-order valence-corrected chi connectivity index (χ2v) is 6.72. The summed E-state index contributed by atoms with van der Waals surface area (Å²) >= 11 is 0. The van der Waals surface area contributed by atoms with E-state index in [0.29, 0.717) is 18.8 Å². The van der Waals surface area contributed by atoms with Gasteiger partial charge in [0, 0.05) is 38.7 Å². The first-order chi connectivity index (χ1) is 13.7. The molecular formula is C21H23N5O2. The Morgan fingerprint density at radius 2 is 1.89 bits per heavy atom. The number of aryl methyl sites for hydroxylation is 1. The zero-order chi connectivity index (χ0) is 19.3. The number of aromatic nitrogens is 3. The van der Waals surface area contributed by atoms with Crippen molar-refractivity contribution >= 4 is 11.7 Å². The Hall–Kier alpha value is -3.19. The van der Waals surface area contributed by atoms with E-state index in [0.717, 1.165) is 30.3 Å². The number of amides is 1. The molecule has 1 atom stereocenters. The molecule has 7 heteroatoms. The number of ether oxygens (including phenoxy) is 1. The summed E-state index contributed by atoms with van der Waals surface area (Å²) in [6.45, 7) is 3.03. The Kier molecular flexibility index (Phi) is 5.34. The molecule has 0 unspecified atom stereocenters. The number of nitrogens with zero attached hydrogens (tertiary/aromatic N) is 4. The minimum atomic E-state index is -0.340. The van der Waals surface area contributed by atoms with Crippen LogP contribution in [0.1, 0.15) is 27.8 Å². The molecule has 3 heterocycles. The first-order valence-electron chi connectivity index (χ1n) is 9.34. The molecule has 0 aliphatic carbocycles. The fourth-order valence-corrected chi connectivity index (χ4v) is 3.31. The van der Waals surface area contributed by atoms with E-state index in [1.165, 1.54) is 0 Å². The molecule has 1 aromatic carbocycles. The van der Waals surface area contributed by atoms with E-state index in [4.69, 9.17) is 4.74 Å². The molecule has 0 bridgehead atoms. The molecule has 144 valence electrons. The Morgan fingerprint density at radius 1 is 1.11 bits per heavy atom. The minimum absolute atomic E-state index is 0.183. The number of nitrogens with one attached hydrogen (secondary N) is 1. The Bertz CT molecular complexity index is 917. The highest BCUT2D eigenvalue weighted by atomic mass is 16.5. The maximum absolute atomic E-state index is 12.9. The fraction of sp³-hybridized carbons (Fsp3) is 0.286. The molecule has 3 aromatic rings. The zero-order valence-electron chi connectivity index (χ0n) is 15.8. The number of hydrogen-bond acceptors (Lipinski definition) is 5. The van der Waals surface area contributed by atoms with Crippen LogP contribution in [0.15, 0.2) is 61.1 Å². The van der Waals surface area contributed by atoms with Crippen molar-refractivity contribution in [1.82, 2.24) is 19.9 Å². The standard InChI is InChI=1S/C21H23N5O2/c1-25-10-9-22-20(25)19(16-5-3-2-4-6-16)24-21(27)17-7-8-18(23-15-17)26-11-13-28-14-12-26/h2-10,15,19H,11-14H2,1H3,(H,24,27)/t19-/m1/s1. The SMILES string of the molecule is Cn1ccnc1[C@H](NC(=O)c1ccc(N2CCOCC2)nc1)c1ccccc1. The van der Waals surface area contributed by atoms with Gasteiger partial charge in [0.05, 0.1) is 18.8 Å². The van der Waals surface area contributed by atoms with Gasteiger partial charge >= 0.3 is 0 Å². The van der Waals surface area contributed by atoms with Crippen LogP contribution in [0.25, 0.3) is 0 Å². The minimum Gasteiger partial charge on any atom is -0.378 e. The van der Waals surface area contributed by atoms with E-state index in [9.17, 15) is 4.79 Å². The maximum Gasteiger partial charge on any atom is 0.253 e. The quantitative estimate of drug-likeness (QED) is 0.738. The summed E-state index contributed by atoms with van der Waals surface area (Å²) in [4.78, 5) is 24.0. The van der Waals surface area contributed by atoms with Crippen LogP contribution in [0.2, 0.25) is 0 Å². The largest absolute Gasteiger partial charge is 0.378 e. The Morgan fingerprint density at radius 3 is 2.54 bits per heavy atom. The van der Waals surface area contributed by atoms with Gasteiger partial charge in [-0.25, -0.2) is 9.97 Å². The van der Waals surface area contributed by atoms with Crippen LogP contribution in [0.5, 0.6) is 0 Å². The third-order valence-corrected chi connectivity index (χ3v) is 4.87. The summed E-state index contributed by atoms with van der Waals surface area (Å²) in [6, 6.07) is 13.2. The molecule has 7 nitrogen and oxygen atoms in total. The number of rotatable bonds is 5. The number of carbonyl (C=O) groups is 1. The lowest BCUT2D eigenvalue weighted by Crippen LogP contribution is -2.36. The van der Waals surface area contributed by atoms with Crippen LogP contribution in [0.4, 0.5) is 5.82 Å². The van der Waals surface area contributed by atoms with Crippen molar-refractivity contribution in [2.24, 2.45) is 7.05 Å². The number of benzene rings is 1. The predicted octanol–water partition coefficient (Wildman–Crippen LogP) is 2.17. The number of hydrogen-bond donors (Lipinski definition) is 1. The Balaban J connectivity index is 1.54. The number of morpholine rings is 1. The van der Waals surface area contributed by atoms with E-state index >= 15 is 0 Å². The van der Waals surface area contributed by atoms with Gasteiger partial charge in [0.1, 0.15) is 17.7 Å². The second-order valence-electron chi connectivity index (χ2n) is 6.72. The molecule has 0 radical (unpaired) electrons.